The van der Waals surface area contributed by atoms with Crippen LogP contribution < -0.4 is 5.32 Å². The van der Waals surface area contributed by atoms with Crippen LogP contribution in [0.4, 0.5) is 0 Å². The van der Waals surface area contributed by atoms with E-state index in [9.17, 15) is 0 Å². The van der Waals surface area contributed by atoms with E-state index >= 15 is 0 Å². The van der Waals surface area contributed by atoms with Gasteiger partial charge in [0.2, 0.25) is 0 Å². The maximum atomic E-state index is 3.52. The lowest BCUT2D eigenvalue weighted by molar-refractivity contribution is 0.604. The second kappa shape index (κ2) is 6.03. The maximum absolute atomic E-state index is 3.52. The molecule has 1 N–H and O–H groups in total. The van der Waals surface area contributed by atoms with Gasteiger partial charge in [0.15, 0.2) is 0 Å². The third-order valence-corrected chi connectivity index (χ3v) is 3.97. The second-order valence-corrected chi connectivity index (χ2v) is 5.32. The Morgan fingerprint density at radius 1 is 1.29 bits per heavy atom. The lowest BCUT2D eigenvalue weighted by Gasteiger charge is -2.09. The van der Waals surface area contributed by atoms with Crippen molar-refractivity contribution < 1.29 is 0 Å². The summed E-state index contributed by atoms with van der Waals surface area (Å²) in [6.07, 6.45) is 3.35. The van der Waals surface area contributed by atoms with Crippen molar-refractivity contribution in [3.05, 3.63) is 45.9 Å². The molecule has 17 heavy (non-hydrogen) atoms. The Hall–Kier alpha value is -1.06. The Morgan fingerprint density at radius 2 is 2.18 bits per heavy atom. The van der Waals surface area contributed by atoms with Crippen LogP contribution in [0.15, 0.2) is 29.8 Å². The first kappa shape index (κ1) is 12.4. The van der Waals surface area contributed by atoms with Gasteiger partial charge < -0.3 is 9.88 Å². The van der Waals surface area contributed by atoms with E-state index in [1.165, 1.54) is 22.6 Å². The molecule has 0 aliphatic carbocycles. The molecule has 0 amide bonds. The molecule has 2 nitrogen and oxygen atoms in total. The van der Waals surface area contributed by atoms with Crippen molar-refractivity contribution in [2.45, 2.75) is 39.9 Å². The van der Waals surface area contributed by atoms with Crippen molar-refractivity contribution in [1.82, 2.24) is 9.88 Å². The van der Waals surface area contributed by atoms with Gasteiger partial charge in [0.05, 0.1) is 0 Å². The van der Waals surface area contributed by atoms with E-state index in [-0.39, 0.29) is 0 Å². The molecule has 0 bridgehead atoms. The van der Waals surface area contributed by atoms with Crippen LogP contribution in [-0.4, -0.2) is 4.57 Å². The fourth-order valence-electron chi connectivity index (χ4n) is 1.96. The van der Waals surface area contributed by atoms with E-state index in [0.717, 1.165) is 19.6 Å². The normalized spacial score (nSPS) is 10.9. The van der Waals surface area contributed by atoms with Crippen molar-refractivity contribution in [2.75, 3.05) is 0 Å². The number of aryl methyl sites for hydroxylation is 2. The molecule has 2 aromatic rings. The molecule has 2 heterocycles. The Bertz CT molecular complexity index is 456. The van der Waals surface area contributed by atoms with Crippen LogP contribution in [0, 0.1) is 6.92 Å². The zero-order valence-electron chi connectivity index (χ0n) is 10.6. The predicted molar refractivity (Wildman–Crippen MR) is 74.3 cm³/mol. The molecule has 2 rings (SSSR count). The fraction of sp³-hybridized carbons (Fsp3) is 0.429. The predicted octanol–water partition coefficient (Wildman–Crippen LogP) is 3.56. The molecule has 0 aliphatic heterocycles. The van der Waals surface area contributed by atoms with Gasteiger partial charge in [0.1, 0.15) is 0 Å². The molecule has 0 fully saturated rings. The van der Waals surface area contributed by atoms with Gasteiger partial charge in [-0.05, 0) is 42.5 Å². The van der Waals surface area contributed by atoms with E-state index < -0.39 is 0 Å². The van der Waals surface area contributed by atoms with E-state index in [1.807, 2.05) is 11.3 Å². The third kappa shape index (κ3) is 3.20. The molecule has 0 aliphatic rings. The molecule has 0 saturated carbocycles. The van der Waals surface area contributed by atoms with Gasteiger partial charge in [0, 0.05) is 36.4 Å². The molecule has 2 aromatic heterocycles. The standard InChI is InChI=1S/C14H20N2S/c1-3-7-16-8-4-5-13(16)10-15-11-14-12(2)6-9-17-14/h4-6,8-9,15H,3,7,10-11H2,1-2H3. The molecule has 0 aromatic carbocycles. The van der Waals surface area contributed by atoms with Crippen LogP contribution >= 0.6 is 11.3 Å². The number of thiophene rings is 1. The number of nitrogens with one attached hydrogen (secondary N) is 1. The summed E-state index contributed by atoms with van der Waals surface area (Å²) in [6.45, 7) is 7.42. The van der Waals surface area contributed by atoms with E-state index in [2.05, 4.69) is 53.5 Å². The molecular weight excluding hydrogens is 228 g/mol. The van der Waals surface area contributed by atoms with Crippen LogP contribution in [0.3, 0.4) is 0 Å². The monoisotopic (exact) mass is 248 g/mol. The van der Waals surface area contributed by atoms with Crippen LogP contribution in [0.5, 0.6) is 0 Å². The van der Waals surface area contributed by atoms with Gasteiger partial charge in [-0.15, -0.1) is 11.3 Å². The van der Waals surface area contributed by atoms with Crippen molar-refractivity contribution in [3.63, 3.8) is 0 Å². The summed E-state index contributed by atoms with van der Waals surface area (Å²) in [4.78, 5) is 1.44. The SMILES string of the molecule is CCCn1cccc1CNCc1sccc1C. The summed E-state index contributed by atoms with van der Waals surface area (Å²) >= 11 is 1.83. The minimum atomic E-state index is 0.949. The molecule has 0 spiro atoms. The third-order valence-electron chi connectivity index (χ3n) is 2.95. The summed E-state index contributed by atoms with van der Waals surface area (Å²) in [5.41, 5.74) is 2.77. The average Bonchev–Trinajstić information content (AvgIpc) is 2.90. The highest BCUT2D eigenvalue weighted by molar-refractivity contribution is 7.10. The van der Waals surface area contributed by atoms with Crippen LogP contribution in [0.25, 0.3) is 0 Å². The highest BCUT2D eigenvalue weighted by Crippen LogP contribution is 2.15. The topological polar surface area (TPSA) is 17.0 Å². The molecule has 3 heteroatoms. The Labute approximate surface area is 107 Å². The van der Waals surface area contributed by atoms with Crippen LogP contribution in [-0.2, 0) is 19.6 Å². The Balaban J connectivity index is 1.86. The summed E-state index contributed by atoms with van der Waals surface area (Å²) in [6, 6.07) is 6.51. The van der Waals surface area contributed by atoms with Gasteiger partial charge in [0.25, 0.3) is 0 Å². The quantitative estimate of drug-likeness (QED) is 0.827. The smallest absolute Gasteiger partial charge is 0.0362 e. The van der Waals surface area contributed by atoms with E-state index in [1.54, 1.807) is 0 Å². The van der Waals surface area contributed by atoms with E-state index in [0.29, 0.717) is 0 Å². The summed E-state index contributed by atoms with van der Waals surface area (Å²) < 4.78 is 2.33. The van der Waals surface area contributed by atoms with Crippen molar-refractivity contribution in [3.8, 4) is 0 Å². The molecule has 92 valence electrons. The first-order valence-electron chi connectivity index (χ1n) is 6.19. The van der Waals surface area contributed by atoms with Gasteiger partial charge in [-0.3, -0.25) is 0 Å². The first-order chi connectivity index (χ1) is 8.31. The Kier molecular flexibility index (Phi) is 4.40. The number of rotatable bonds is 6. The van der Waals surface area contributed by atoms with E-state index in [4.69, 9.17) is 0 Å². The summed E-state index contributed by atoms with van der Waals surface area (Å²) in [7, 11) is 0. The molecule has 0 unspecified atom stereocenters. The number of hydrogen-bond donors (Lipinski definition) is 1. The van der Waals surface area contributed by atoms with Crippen LogP contribution in [0.2, 0.25) is 0 Å². The lowest BCUT2D eigenvalue weighted by Crippen LogP contribution is -2.15. The van der Waals surface area contributed by atoms with Gasteiger partial charge >= 0.3 is 0 Å². The molecule has 0 atom stereocenters. The van der Waals surface area contributed by atoms with Gasteiger partial charge in [-0.25, -0.2) is 0 Å². The number of nitrogens with zero attached hydrogens (tertiary/aromatic N) is 1. The van der Waals surface area contributed by atoms with Gasteiger partial charge in [-0.2, -0.15) is 0 Å². The number of aromatic nitrogens is 1. The zero-order chi connectivity index (χ0) is 12.1. The highest BCUT2D eigenvalue weighted by atomic mass is 32.1. The minimum absolute atomic E-state index is 0.949. The summed E-state index contributed by atoms with van der Waals surface area (Å²) in [5, 5.41) is 5.68. The van der Waals surface area contributed by atoms with Crippen molar-refractivity contribution >= 4 is 11.3 Å². The lowest BCUT2D eigenvalue weighted by atomic mass is 10.3. The zero-order valence-corrected chi connectivity index (χ0v) is 11.4. The average molecular weight is 248 g/mol. The van der Waals surface area contributed by atoms with Crippen molar-refractivity contribution in [2.24, 2.45) is 0 Å². The first-order valence-corrected chi connectivity index (χ1v) is 7.07. The second-order valence-electron chi connectivity index (χ2n) is 4.32. The minimum Gasteiger partial charge on any atom is -0.350 e. The number of hydrogen-bond acceptors (Lipinski definition) is 2. The van der Waals surface area contributed by atoms with Crippen molar-refractivity contribution in [1.29, 1.82) is 0 Å². The molecular formula is C14H20N2S. The fourth-order valence-corrected chi connectivity index (χ4v) is 2.83. The van der Waals surface area contributed by atoms with Crippen LogP contribution in [0.1, 0.15) is 29.5 Å². The maximum Gasteiger partial charge on any atom is 0.0362 e. The summed E-state index contributed by atoms with van der Waals surface area (Å²) in [5.74, 6) is 0. The molecule has 0 radical (unpaired) electrons. The molecule has 0 saturated heterocycles. The highest BCUT2D eigenvalue weighted by Gasteiger charge is 2.02. The Morgan fingerprint density at radius 3 is 2.88 bits per heavy atom. The largest absolute Gasteiger partial charge is 0.350 e. The van der Waals surface area contributed by atoms with Gasteiger partial charge in [-0.1, -0.05) is 6.92 Å².